The summed E-state index contributed by atoms with van der Waals surface area (Å²) < 4.78 is 10.6. The number of fused-ring (bicyclic) bond motifs is 1. The van der Waals surface area contributed by atoms with E-state index in [0.29, 0.717) is 18.8 Å². The summed E-state index contributed by atoms with van der Waals surface area (Å²) in [7, 11) is 0. The van der Waals surface area contributed by atoms with Crippen LogP contribution in [0.1, 0.15) is 12.0 Å². The quantitative estimate of drug-likeness (QED) is 0.363. The van der Waals surface area contributed by atoms with Gasteiger partial charge >= 0.3 is 0 Å². The lowest BCUT2D eigenvalue weighted by atomic mass is 10.1. The Morgan fingerprint density at radius 2 is 2.25 bits per heavy atom. The molecule has 2 aliphatic rings. The van der Waals surface area contributed by atoms with Crippen LogP contribution < -0.4 is 15.2 Å². The molecular weight excluding hydrogens is 262 g/mol. The number of hydrogen-bond donors (Lipinski definition) is 2. The van der Waals surface area contributed by atoms with E-state index in [1.54, 1.807) is 4.90 Å². The smallest absolute Gasteiger partial charge is 0.231 e. The highest BCUT2D eigenvalue weighted by Gasteiger charge is 2.32. The molecule has 2 aliphatic heterocycles. The Kier molecular flexibility index (Phi) is 3.09. The molecule has 0 unspecified atom stereocenters. The number of hydrogen-bond acceptors (Lipinski definition) is 5. The maximum absolute atomic E-state index is 11.9. The van der Waals surface area contributed by atoms with Crippen molar-refractivity contribution in [2.75, 3.05) is 13.3 Å². The number of nitrogens with zero attached hydrogens (tertiary/aromatic N) is 2. The zero-order valence-corrected chi connectivity index (χ0v) is 10.8. The van der Waals surface area contributed by atoms with Gasteiger partial charge in [0.05, 0.1) is 0 Å². The summed E-state index contributed by atoms with van der Waals surface area (Å²) in [4.78, 5) is 13.6. The maximum atomic E-state index is 11.9. The second-order valence-corrected chi connectivity index (χ2v) is 4.89. The van der Waals surface area contributed by atoms with Gasteiger partial charge in [0.1, 0.15) is 5.84 Å². The van der Waals surface area contributed by atoms with Crippen LogP contribution >= 0.6 is 0 Å². The van der Waals surface area contributed by atoms with Crippen molar-refractivity contribution in [3.05, 3.63) is 23.8 Å². The summed E-state index contributed by atoms with van der Waals surface area (Å²) in [6, 6.07) is 5.60. The van der Waals surface area contributed by atoms with Crippen molar-refractivity contribution >= 4 is 11.7 Å². The van der Waals surface area contributed by atoms with Gasteiger partial charge in [0, 0.05) is 25.4 Å². The highest BCUT2D eigenvalue weighted by Crippen LogP contribution is 2.33. The Morgan fingerprint density at radius 1 is 1.45 bits per heavy atom. The first-order valence-corrected chi connectivity index (χ1v) is 6.31. The number of carbonyl (C=O) groups excluding carboxylic acids is 1. The summed E-state index contributed by atoms with van der Waals surface area (Å²) in [5.41, 5.74) is 6.52. The Morgan fingerprint density at radius 3 is 3.05 bits per heavy atom. The molecule has 1 aromatic rings. The first-order valence-electron chi connectivity index (χ1n) is 6.31. The molecule has 0 bridgehead atoms. The van der Waals surface area contributed by atoms with E-state index in [1.807, 2.05) is 18.2 Å². The molecule has 0 saturated carbocycles. The molecule has 106 valence electrons. The molecule has 20 heavy (non-hydrogen) atoms. The molecule has 1 saturated heterocycles. The monoisotopic (exact) mass is 277 g/mol. The van der Waals surface area contributed by atoms with E-state index in [1.165, 1.54) is 0 Å². The minimum atomic E-state index is -0.221. The predicted octanol–water partition coefficient (Wildman–Crippen LogP) is 0.510. The lowest BCUT2D eigenvalue weighted by Gasteiger charge is -2.16. The fourth-order valence-electron chi connectivity index (χ4n) is 2.46. The largest absolute Gasteiger partial charge is 0.454 e. The summed E-state index contributed by atoms with van der Waals surface area (Å²) >= 11 is 0. The topological polar surface area (TPSA) is 97.4 Å². The normalized spacial score (nSPS) is 21.6. The van der Waals surface area contributed by atoms with Gasteiger partial charge in [-0.2, -0.15) is 0 Å². The number of amides is 1. The van der Waals surface area contributed by atoms with E-state index in [0.717, 1.165) is 11.3 Å². The minimum Gasteiger partial charge on any atom is -0.454 e. The molecule has 1 aromatic carbocycles. The van der Waals surface area contributed by atoms with Crippen LogP contribution in [-0.4, -0.2) is 35.2 Å². The number of amidine groups is 1. The third-order valence-electron chi connectivity index (χ3n) is 3.56. The second kappa shape index (κ2) is 4.92. The first kappa shape index (κ1) is 12.6. The molecule has 1 atom stereocenters. The van der Waals surface area contributed by atoms with E-state index in [4.69, 9.17) is 20.4 Å². The Labute approximate surface area is 115 Å². The van der Waals surface area contributed by atoms with Crippen molar-refractivity contribution in [1.29, 1.82) is 0 Å². The number of rotatable bonds is 3. The highest BCUT2D eigenvalue weighted by atomic mass is 16.7. The highest BCUT2D eigenvalue weighted by molar-refractivity contribution is 5.91. The summed E-state index contributed by atoms with van der Waals surface area (Å²) in [5.74, 6) is 1.30. The van der Waals surface area contributed by atoms with Crippen LogP contribution in [0.15, 0.2) is 23.4 Å². The van der Waals surface area contributed by atoms with E-state index >= 15 is 0 Å². The van der Waals surface area contributed by atoms with Crippen LogP contribution in [0.5, 0.6) is 11.5 Å². The lowest BCUT2D eigenvalue weighted by Crippen LogP contribution is -2.28. The van der Waals surface area contributed by atoms with Gasteiger partial charge in [-0.25, -0.2) is 0 Å². The second-order valence-electron chi connectivity index (χ2n) is 4.89. The number of nitrogens with two attached hydrogens (primary N) is 1. The third-order valence-corrected chi connectivity index (χ3v) is 3.56. The average molecular weight is 277 g/mol. The lowest BCUT2D eigenvalue weighted by molar-refractivity contribution is -0.128. The fraction of sp³-hybridized carbons (Fsp3) is 0.385. The van der Waals surface area contributed by atoms with Crippen molar-refractivity contribution in [2.24, 2.45) is 16.8 Å². The van der Waals surface area contributed by atoms with Gasteiger partial charge in [0.2, 0.25) is 12.7 Å². The Balaban J connectivity index is 1.70. The van der Waals surface area contributed by atoms with Crippen LogP contribution in [0, 0.1) is 5.92 Å². The number of ether oxygens (including phenoxy) is 2. The van der Waals surface area contributed by atoms with Crippen molar-refractivity contribution in [3.8, 4) is 11.5 Å². The van der Waals surface area contributed by atoms with Gasteiger partial charge in [-0.1, -0.05) is 11.2 Å². The summed E-state index contributed by atoms with van der Waals surface area (Å²) in [5, 5.41) is 11.6. The molecular formula is C13H15N3O4. The van der Waals surface area contributed by atoms with Crippen LogP contribution in [0.25, 0.3) is 0 Å². The van der Waals surface area contributed by atoms with Gasteiger partial charge in [0.15, 0.2) is 11.5 Å². The van der Waals surface area contributed by atoms with E-state index in [2.05, 4.69) is 5.16 Å². The summed E-state index contributed by atoms with van der Waals surface area (Å²) in [6.45, 7) is 1.17. The van der Waals surface area contributed by atoms with Crippen molar-refractivity contribution < 1.29 is 19.5 Å². The first-order chi connectivity index (χ1) is 9.67. The zero-order chi connectivity index (χ0) is 14.1. The number of carbonyl (C=O) groups is 1. The van der Waals surface area contributed by atoms with Crippen LogP contribution in [0.4, 0.5) is 0 Å². The van der Waals surface area contributed by atoms with Gasteiger partial charge in [-0.3, -0.25) is 4.79 Å². The SMILES string of the molecule is N/C(=N/O)[C@H]1CC(=O)N(Cc2ccc3c(c2)OCO3)C1. The van der Waals surface area contributed by atoms with E-state index in [9.17, 15) is 4.79 Å². The van der Waals surface area contributed by atoms with Crippen LogP contribution in [-0.2, 0) is 11.3 Å². The molecule has 2 heterocycles. The molecule has 0 radical (unpaired) electrons. The molecule has 0 aromatic heterocycles. The van der Waals surface area contributed by atoms with Gasteiger partial charge < -0.3 is 25.3 Å². The third kappa shape index (κ3) is 2.22. The average Bonchev–Trinajstić information content (AvgIpc) is 3.05. The molecule has 7 nitrogen and oxygen atoms in total. The zero-order valence-electron chi connectivity index (χ0n) is 10.8. The van der Waals surface area contributed by atoms with E-state index in [-0.39, 0.29) is 30.9 Å². The number of likely N-dealkylation sites (tertiary alicyclic amines) is 1. The summed E-state index contributed by atoms with van der Waals surface area (Å²) in [6.07, 6.45) is 0.278. The van der Waals surface area contributed by atoms with Gasteiger partial charge in [-0.15, -0.1) is 0 Å². The Bertz CT molecular complexity index is 573. The molecule has 1 fully saturated rings. The van der Waals surface area contributed by atoms with E-state index < -0.39 is 0 Å². The standard InChI is InChI=1S/C13H15N3O4/c14-13(15-18)9-4-12(17)16(6-9)5-8-1-2-10-11(3-8)20-7-19-10/h1-3,9,18H,4-7H2,(H2,14,15)/t9-/m0/s1. The molecule has 1 amide bonds. The van der Waals surface area contributed by atoms with Crippen LogP contribution in [0.2, 0.25) is 0 Å². The molecule has 0 spiro atoms. The van der Waals surface area contributed by atoms with Crippen LogP contribution in [0.3, 0.4) is 0 Å². The van der Waals surface area contributed by atoms with Crippen molar-refractivity contribution in [2.45, 2.75) is 13.0 Å². The van der Waals surface area contributed by atoms with Gasteiger partial charge in [-0.05, 0) is 17.7 Å². The Hall–Kier alpha value is -2.44. The van der Waals surface area contributed by atoms with Crippen molar-refractivity contribution in [3.63, 3.8) is 0 Å². The fourth-order valence-corrected chi connectivity index (χ4v) is 2.46. The molecule has 3 rings (SSSR count). The number of oxime groups is 1. The number of benzene rings is 1. The maximum Gasteiger partial charge on any atom is 0.231 e. The molecule has 7 heteroatoms. The minimum absolute atomic E-state index is 0.000679. The molecule has 3 N–H and O–H groups in total. The molecule has 0 aliphatic carbocycles. The van der Waals surface area contributed by atoms with Crippen molar-refractivity contribution in [1.82, 2.24) is 4.90 Å². The van der Waals surface area contributed by atoms with Gasteiger partial charge in [0.25, 0.3) is 0 Å². The predicted molar refractivity (Wildman–Crippen MR) is 69.5 cm³/mol.